The summed E-state index contributed by atoms with van der Waals surface area (Å²) in [7, 11) is -4.24. The Morgan fingerprint density at radius 2 is 1.91 bits per heavy atom. The predicted molar refractivity (Wildman–Crippen MR) is 117 cm³/mol. The van der Waals surface area contributed by atoms with Gasteiger partial charge in [0.25, 0.3) is 5.91 Å². The molecule has 0 aliphatic carbocycles. The van der Waals surface area contributed by atoms with Crippen molar-refractivity contribution in [3.05, 3.63) is 78.4 Å². The minimum atomic E-state index is -4.24. The highest BCUT2D eigenvalue weighted by Gasteiger charge is 2.38. The molecule has 10 heteroatoms. The first-order valence-electron chi connectivity index (χ1n) is 9.68. The van der Waals surface area contributed by atoms with Gasteiger partial charge in [-0.05, 0) is 28.6 Å². The Bertz CT molecular complexity index is 1420. The molecule has 32 heavy (non-hydrogen) atoms. The van der Waals surface area contributed by atoms with E-state index in [-0.39, 0.29) is 23.4 Å². The quantitative estimate of drug-likeness (QED) is 0.484. The van der Waals surface area contributed by atoms with Crippen molar-refractivity contribution in [3.8, 4) is 16.9 Å². The number of carbonyl (C=O) groups is 1. The maximum atomic E-state index is 15.9. The van der Waals surface area contributed by atoms with Crippen LogP contribution in [0.2, 0.25) is 0 Å². The molecule has 8 nitrogen and oxygen atoms in total. The third kappa shape index (κ3) is 3.54. The third-order valence-electron chi connectivity index (χ3n) is 5.16. The monoisotopic (exact) mass is 452 g/mol. The molecule has 0 radical (unpaired) electrons. The van der Waals surface area contributed by atoms with Crippen LogP contribution in [0.1, 0.15) is 5.56 Å². The molecule has 2 N–H and O–H groups in total. The van der Waals surface area contributed by atoms with Crippen molar-refractivity contribution in [1.82, 2.24) is 14.9 Å². The van der Waals surface area contributed by atoms with Crippen molar-refractivity contribution >= 4 is 32.6 Å². The molecule has 1 aliphatic heterocycles. The highest BCUT2D eigenvalue weighted by atomic mass is 32.2. The van der Waals surface area contributed by atoms with Crippen molar-refractivity contribution < 1.29 is 22.3 Å². The Labute approximate surface area is 182 Å². The molecule has 0 atom stereocenters. The number of hydrogen-bond acceptors (Lipinski definition) is 5. The molecule has 1 amide bonds. The number of nitrogens with zero attached hydrogens (tertiary/aromatic N) is 2. The number of fused-ring (bicyclic) bond motifs is 1. The minimum absolute atomic E-state index is 0.0231. The second-order valence-electron chi connectivity index (χ2n) is 7.27. The van der Waals surface area contributed by atoms with E-state index in [2.05, 4.69) is 10.2 Å². The topological polar surface area (TPSA) is 104 Å². The molecule has 0 saturated carbocycles. The van der Waals surface area contributed by atoms with E-state index in [1.807, 2.05) is 41.1 Å². The molecule has 2 heterocycles. The smallest absolute Gasteiger partial charge is 0.326 e. The lowest BCUT2D eigenvalue weighted by molar-refractivity contribution is -0.117. The summed E-state index contributed by atoms with van der Waals surface area (Å²) in [5, 5.41) is 7.33. The fourth-order valence-electron chi connectivity index (χ4n) is 3.63. The highest BCUT2D eigenvalue weighted by molar-refractivity contribution is 7.92. The van der Waals surface area contributed by atoms with Gasteiger partial charge in [0, 0.05) is 17.1 Å². The van der Waals surface area contributed by atoms with E-state index < -0.39 is 28.5 Å². The maximum absolute atomic E-state index is 15.9. The molecule has 1 fully saturated rings. The van der Waals surface area contributed by atoms with Crippen molar-refractivity contribution in [2.75, 3.05) is 10.8 Å². The van der Waals surface area contributed by atoms with Gasteiger partial charge in [-0.2, -0.15) is 13.5 Å². The Kier molecular flexibility index (Phi) is 4.78. The largest absolute Gasteiger partial charge is 0.487 e. The van der Waals surface area contributed by atoms with Gasteiger partial charge < -0.3 is 4.74 Å². The molecule has 3 aromatic carbocycles. The predicted octanol–water partition coefficient (Wildman–Crippen LogP) is 3.13. The van der Waals surface area contributed by atoms with Gasteiger partial charge in [-0.15, -0.1) is 0 Å². The number of benzene rings is 3. The molecular weight excluding hydrogens is 435 g/mol. The van der Waals surface area contributed by atoms with Crippen LogP contribution in [0, 0.1) is 5.82 Å². The van der Waals surface area contributed by atoms with Crippen molar-refractivity contribution in [2.24, 2.45) is 0 Å². The van der Waals surface area contributed by atoms with Crippen LogP contribution in [-0.2, 0) is 21.6 Å². The van der Waals surface area contributed by atoms with Gasteiger partial charge in [0.15, 0.2) is 5.82 Å². The van der Waals surface area contributed by atoms with E-state index in [1.165, 1.54) is 0 Å². The molecule has 0 unspecified atom stereocenters. The molecule has 4 aromatic rings. The highest BCUT2D eigenvalue weighted by Crippen LogP contribution is 2.40. The number of halogens is 1. The second-order valence-corrected chi connectivity index (χ2v) is 8.87. The van der Waals surface area contributed by atoms with Gasteiger partial charge in [0.05, 0.1) is 6.20 Å². The van der Waals surface area contributed by atoms with Gasteiger partial charge in [0.1, 0.15) is 24.6 Å². The van der Waals surface area contributed by atoms with Crippen molar-refractivity contribution in [1.29, 1.82) is 0 Å². The number of rotatable bonds is 5. The Balaban J connectivity index is 1.66. The Morgan fingerprint density at radius 1 is 1.09 bits per heavy atom. The summed E-state index contributed by atoms with van der Waals surface area (Å²) in [6.07, 6.45) is 3.27. The minimum Gasteiger partial charge on any atom is -0.487 e. The summed E-state index contributed by atoms with van der Waals surface area (Å²) in [5.74, 6) is -1.52. The van der Waals surface area contributed by atoms with Gasteiger partial charge in [0.2, 0.25) is 0 Å². The number of nitrogens with one attached hydrogen (secondary N) is 2. The molecule has 1 aromatic heterocycles. The lowest BCUT2D eigenvalue weighted by Gasteiger charge is -2.21. The SMILES string of the molecule is O=C1CN(c2c(OCc3ccccc3)cc3ccc(-c4cn[nH]c4)cc3c2F)S(=O)(=O)N1. The zero-order chi connectivity index (χ0) is 22.3. The average Bonchev–Trinajstić information content (AvgIpc) is 3.40. The van der Waals surface area contributed by atoms with E-state index in [1.54, 1.807) is 30.6 Å². The molecule has 162 valence electrons. The van der Waals surface area contributed by atoms with Crippen LogP contribution in [0.4, 0.5) is 10.1 Å². The number of carbonyl (C=O) groups excluding carboxylic acids is 1. The normalized spacial score (nSPS) is 15.2. The van der Waals surface area contributed by atoms with E-state index in [0.29, 0.717) is 15.3 Å². The fourth-order valence-corrected chi connectivity index (χ4v) is 4.79. The number of ether oxygens (including phenoxy) is 1. The van der Waals surface area contributed by atoms with Crippen LogP contribution in [0.5, 0.6) is 5.75 Å². The number of aromatic nitrogens is 2. The zero-order valence-corrected chi connectivity index (χ0v) is 17.4. The summed E-state index contributed by atoms with van der Waals surface area (Å²) < 4.78 is 49.3. The lowest BCUT2D eigenvalue weighted by atomic mass is 10.0. The van der Waals surface area contributed by atoms with Crippen LogP contribution >= 0.6 is 0 Å². The first-order valence-corrected chi connectivity index (χ1v) is 11.1. The van der Waals surface area contributed by atoms with E-state index in [4.69, 9.17) is 4.74 Å². The summed E-state index contributed by atoms with van der Waals surface area (Å²) >= 11 is 0. The number of H-pyrrole nitrogens is 1. The van der Waals surface area contributed by atoms with Crippen LogP contribution in [-0.4, -0.2) is 31.1 Å². The number of amides is 1. The van der Waals surface area contributed by atoms with Crippen LogP contribution in [0.3, 0.4) is 0 Å². The average molecular weight is 452 g/mol. The first kappa shape index (κ1) is 20.0. The fraction of sp³-hybridized carbons (Fsp3) is 0.0909. The number of hydrogen-bond donors (Lipinski definition) is 2. The lowest BCUT2D eigenvalue weighted by Crippen LogP contribution is -2.30. The Morgan fingerprint density at radius 3 is 2.59 bits per heavy atom. The third-order valence-corrected chi connectivity index (χ3v) is 6.53. The molecule has 0 bridgehead atoms. The van der Waals surface area contributed by atoms with E-state index in [0.717, 1.165) is 11.1 Å². The van der Waals surface area contributed by atoms with Crippen molar-refractivity contribution in [2.45, 2.75) is 6.61 Å². The molecular formula is C22H17FN4O4S. The molecule has 0 spiro atoms. The summed E-state index contributed by atoms with van der Waals surface area (Å²) in [4.78, 5) is 11.8. The zero-order valence-electron chi connectivity index (χ0n) is 16.6. The molecule has 1 aliphatic rings. The van der Waals surface area contributed by atoms with Crippen LogP contribution < -0.4 is 13.8 Å². The second kappa shape index (κ2) is 7.65. The standard InChI is InChI=1S/C22H17FN4O4S/c23-21-18-8-15(17-10-24-25-11-17)6-7-16(18)9-19(31-13-14-4-2-1-3-5-14)22(21)27-12-20(28)26-32(27,29)30/h1-11H,12-13H2,(H,24,25)(H,26,28). The molecule has 5 rings (SSSR count). The number of aromatic amines is 1. The first-order chi connectivity index (χ1) is 15.4. The van der Waals surface area contributed by atoms with Crippen LogP contribution in [0.15, 0.2) is 67.0 Å². The maximum Gasteiger partial charge on any atom is 0.326 e. The van der Waals surface area contributed by atoms with Gasteiger partial charge in [-0.25, -0.2) is 13.4 Å². The van der Waals surface area contributed by atoms with E-state index in [9.17, 15) is 13.2 Å². The van der Waals surface area contributed by atoms with Crippen molar-refractivity contribution in [3.63, 3.8) is 0 Å². The van der Waals surface area contributed by atoms with Crippen LogP contribution in [0.25, 0.3) is 21.9 Å². The summed E-state index contributed by atoms with van der Waals surface area (Å²) in [6.45, 7) is -0.435. The Hall–Kier alpha value is -3.92. The number of anilines is 1. The van der Waals surface area contributed by atoms with E-state index >= 15 is 4.39 Å². The molecule has 1 saturated heterocycles. The summed E-state index contributed by atoms with van der Waals surface area (Å²) in [6, 6.07) is 15.9. The van der Waals surface area contributed by atoms with Gasteiger partial charge in [-0.1, -0.05) is 42.5 Å². The summed E-state index contributed by atoms with van der Waals surface area (Å²) in [5.41, 5.74) is 1.97. The van der Waals surface area contributed by atoms with Gasteiger partial charge >= 0.3 is 10.2 Å². The van der Waals surface area contributed by atoms with Gasteiger partial charge in [-0.3, -0.25) is 9.89 Å².